The van der Waals surface area contributed by atoms with E-state index in [9.17, 15) is 9.18 Å². The molecule has 0 N–H and O–H groups in total. The number of carbonyl (C=O) groups excluding carboxylic acids is 1. The summed E-state index contributed by atoms with van der Waals surface area (Å²) in [6.07, 6.45) is 2.46. The molecule has 1 fully saturated rings. The molecule has 1 aromatic rings. The number of benzene rings is 1. The molecule has 1 aromatic carbocycles. The minimum Gasteiger partial charge on any atom is -0.390 e. The molecule has 5 heteroatoms. The first-order valence-corrected chi connectivity index (χ1v) is 6.87. The summed E-state index contributed by atoms with van der Waals surface area (Å²) in [6.45, 7) is 0.525. The highest BCUT2D eigenvalue weighted by molar-refractivity contribution is 6.01. The molecule has 0 unspecified atom stereocenters. The van der Waals surface area contributed by atoms with E-state index in [-0.39, 0.29) is 23.7 Å². The van der Waals surface area contributed by atoms with Gasteiger partial charge in [0.05, 0.1) is 12.3 Å². The van der Waals surface area contributed by atoms with Crippen LogP contribution in [0.5, 0.6) is 0 Å². The summed E-state index contributed by atoms with van der Waals surface area (Å²) in [7, 11) is 1.80. The fourth-order valence-electron chi connectivity index (χ4n) is 2.40. The summed E-state index contributed by atoms with van der Waals surface area (Å²) in [5, 5.41) is 4.01. The van der Waals surface area contributed by atoms with Gasteiger partial charge >= 0.3 is 0 Å². The first-order valence-electron chi connectivity index (χ1n) is 6.87. The zero-order valence-electron chi connectivity index (χ0n) is 11.4. The zero-order chi connectivity index (χ0) is 14.1. The van der Waals surface area contributed by atoms with Crippen LogP contribution in [0.4, 0.5) is 4.39 Å². The van der Waals surface area contributed by atoms with Crippen LogP contribution in [0.3, 0.4) is 0 Å². The summed E-state index contributed by atoms with van der Waals surface area (Å²) < 4.78 is 13.2. The van der Waals surface area contributed by atoms with E-state index in [4.69, 9.17) is 4.84 Å². The van der Waals surface area contributed by atoms with E-state index in [2.05, 4.69) is 5.16 Å². The largest absolute Gasteiger partial charge is 0.390 e. The van der Waals surface area contributed by atoms with Crippen LogP contribution in [0.25, 0.3) is 0 Å². The monoisotopic (exact) mass is 276 g/mol. The minimum absolute atomic E-state index is 0.138. The summed E-state index contributed by atoms with van der Waals surface area (Å²) >= 11 is 0. The number of hydrogen-bond donors (Lipinski definition) is 0. The van der Waals surface area contributed by atoms with Gasteiger partial charge in [0.2, 0.25) is 5.91 Å². The maximum Gasteiger partial charge on any atom is 0.225 e. The molecule has 1 amide bonds. The van der Waals surface area contributed by atoms with Gasteiger partial charge in [0.25, 0.3) is 0 Å². The third-order valence-corrected chi connectivity index (χ3v) is 3.67. The number of carbonyl (C=O) groups is 1. The van der Waals surface area contributed by atoms with Crippen molar-refractivity contribution in [3.05, 3.63) is 35.6 Å². The van der Waals surface area contributed by atoms with Crippen molar-refractivity contribution in [3.8, 4) is 0 Å². The fraction of sp³-hybridized carbons (Fsp3) is 0.467. The highest BCUT2D eigenvalue weighted by Gasteiger charge is 2.34. The molecule has 106 valence electrons. The second-order valence-electron chi connectivity index (χ2n) is 5.47. The predicted octanol–water partition coefficient (Wildman–Crippen LogP) is 2.19. The van der Waals surface area contributed by atoms with Gasteiger partial charge in [-0.05, 0) is 25.0 Å². The number of nitrogens with zero attached hydrogens (tertiary/aromatic N) is 2. The summed E-state index contributed by atoms with van der Waals surface area (Å²) in [6, 6.07) is 6.32. The van der Waals surface area contributed by atoms with Crippen molar-refractivity contribution in [2.24, 2.45) is 11.1 Å². The molecular formula is C15H17FN2O2. The Labute approximate surface area is 117 Å². The third kappa shape index (κ3) is 2.81. The topological polar surface area (TPSA) is 41.9 Å². The smallest absolute Gasteiger partial charge is 0.225 e. The average Bonchev–Trinajstić information content (AvgIpc) is 3.18. The van der Waals surface area contributed by atoms with Crippen molar-refractivity contribution >= 4 is 11.6 Å². The SMILES string of the molecule is CN(C[C@@H]1CC(c2cccc(F)c2)=NO1)C(=O)C1CC1. The molecule has 0 bridgehead atoms. The Morgan fingerprint density at radius 1 is 1.50 bits per heavy atom. The molecule has 0 radical (unpaired) electrons. The van der Waals surface area contributed by atoms with Crippen LogP contribution in [-0.2, 0) is 9.63 Å². The minimum atomic E-state index is -0.283. The summed E-state index contributed by atoms with van der Waals surface area (Å²) in [5.74, 6) is 0.118. The number of halogens is 1. The standard InChI is InChI=1S/C15H17FN2O2/c1-18(15(19)10-5-6-10)9-13-8-14(17-20-13)11-3-2-4-12(16)7-11/h2-4,7,10,13H,5-6,8-9H2,1H3/t13-/m0/s1. The van der Waals surface area contributed by atoms with Gasteiger partial charge < -0.3 is 9.74 Å². The first-order chi connectivity index (χ1) is 9.63. The molecule has 1 aliphatic heterocycles. The van der Waals surface area contributed by atoms with Crippen LogP contribution in [0, 0.1) is 11.7 Å². The Hall–Kier alpha value is -1.91. The number of rotatable bonds is 4. The van der Waals surface area contributed by atoms with Gasteiger partial charge in [0.1, 0.15) is 5.82 Å². The zero-order valence-corrected chi connectivity index (χ0v) is 11.4. The molecule has 3 rings (SSSR count). The predicted molar refractivity (Wildman–Crippen MR) is 72.8 cm³/mol. The van der Waals surface area contributed by atoms with Gasteiger partial charge in [-0.2, -0.15) is 0 Å². The number of likely N-dealkylation sites (N-methyl/N-ethyl adjacent to an activating group) is 1. The van der Waals surface area contributed by atoms with Crippen molar-refractivity contribution in [2.45, 2.75) is 25.4 Å². The molecule has 0 aromatic heterocycles. The lowest BCUT2D eigenvalue weighted by Gasteiger charge is -2.19. The highest BCUT2D eigenvalue weighted by atomic mass is 19.1. The Morgan fingerprint density at radius 3 is 3.00 bits per heavy atom. The van der Waals surface area contributed by atoms with E-state index >= 15 is 0 Å². The molecule has 1 heterocycles. The van der Waals surface area contributed by atoms with E-state index < -0.39 is 0 Å². The maximum atomic E-state index is 13.2. The third-order valence-electron chi connectivity index (χ3n) is 3.67. The van der Waals surface area contributed by atoms with Gasteiger partial charge in [-0.25, -0.2) is 4.39 Å². The summed E-state index contributed by atoms with van der Waals surface area (Å²) in [4.78, 5) is 18.9. The molecule has 0 spiro atoms. The average molecular weight is 276 g/mol. The van der Waals surface area contributed by atoms with Crippen LogP contribution >= 0.6 is 0 Å². The van der Waals surface area contributed by atoms with E-state index in [1.807, 2.05) is 6.07 Å². The van der Waals surface area contributed by atoms with Crippen molar-refractivity contribution in [1.29, 1.82) is 0 Å². The Balaban J connectivity index is 1.57. The van der Waals surface area contributed by atoms with Crippen LogP contribution in [0.1, 0.15) is 24.8 Å². The lowest BCUT2D eigenvalue weighted by Crippen LogP contribution is -2.35. The number of oxime groups is 1. The number of hydrogen-bond acceptors (Lipinski definition) is 3. The van der Waals surface area contributed by atoms with Crippen molar-refractivity contribution in [3.63, 3.8) is 0 Å². The lowest BCUT2D eigenvalue weighted by atomic mass is 10.0. The van der Waals surface area contributed by atoms with Gasteiger partial charge in [-0.15, -0.1) is 0 Å². The van der Waals surface area contributed by atoms with E-state index in [0.717, 1.165) is 24.1 Å². The molecule has 1 atom stereocenters. The first kappa shape index (κ1) is 13.1. The molecule has 1 aliphatic carbocycles. The summed E-state index contributed by atoms with van der Waals surface area (Å²) in [5.41, 5.74) is 1.48. The molecule has 0 saturated heterocycles. The Bertz CT molecular complexity index is 555. The Kier molecular flexibility index (Phi) is 3.42. The van der Waals surface area contributed by atoms with Crippen molar-refractivity contribution < 1.29 is 14.0 Å². The lowest BCUT2D eigenvalue weighted by molar-refractivity contribution is -0.132. The van der Waals surface area contributed by atoms with Gasteiger partial charge in [0.15, 0.2) is 6.10 Å². The highest BCUT2D eigenvalue weighted by Crippen LogP contribution is 2.31. The normalized spacial score (nSPS) is 21.3. The van der Waals surface area contributed by atoms with E-state index in [1.54, 1.807) is 18.0 Å². The van der Waals surface area contributed by atoms with E-state index in [0.29, 0.717) is 13.0 Å². The quantitative estimate of drug-likeness (QED) is 0.846. The van der Waals surface area contributed by atoms with Gasteiger partial charge in [0, 0.05) is 24.9 Å². The maximum absolute atomic E-state index is 13.2. The van der Waals surface area contributed by atoms with Crippen molar-refractivity contribution in [1.82, 2.24) is 4.90 Å². The fourth-order valence-corrected chi connectivity index (χ4v) is 2.40. The molecule has 1 saturated carbocycles. The van der Waals surface area contributed by atoms with Crippen molar-refractivity contribution in [2.75, 3.05) is 13.6 Å². The van der Waals surface area contributed by atoms with Gasteiger partial charge in [-0.1, -0.05) is 17.3 Å². The molecular weight excluding hydrogens is 259 g/mol. The molecule has 4 nitrogen and oxygen atoms in total. The molecule has 2 aliphatic rings. The molecule has 20 heavy (non-hydrogen) atoms. The van der Waals surface area contributed by atoms with Crippen LogP contribution in [0.15, 0.2) is 29.4 Å². The second-order valence-corrected chi connectivity index (χ2v) is 5.47. The van der Waals surface area contributed by atoms with Crippen LogP contribution < -0.4 is 0 Å². The number of amides is 1. The van der Waals surface area contributed by atoms with E-state index in [1.165, 1.54) is 12.1 Å². The van der Waals surface area contributed by atoms with Crippen LogP contribution in [0.2, 0.25) is 0 Å². The second kappa shape index (κ2) is 5.23. The Morgan fingerprint density at radius 2 is 2.30 bits per heavy atom. The van der Waals surface area contributed by atoms with Gasteiger partial charge in [-0.3, -0.25) is 4.79 Å². The van der Waals surface area contributed by atoms with Crippen LogP contribution in [-0.4, -0.2) is 36.2 Å².